The normalized spacial score (nSPS) is 11.8. The quantitative estimate of drug-likeness (QED) is 0.176. The molecule has 9 aromatic carbocycles. The third kappa shape index (κ3) is 4.95. The Labute approximate surface area is 334 Å². The topological polar surface area (TPSA) is 35.6 Å². The predicted molar refractivity (Wildman–Crippen MR) is 242 cm³/mol. The average Bonchev–Trinajstić information content (AvgIpc) is 3.81. The highest BCUT2D eigenvalue weighted by Crippen LogP contribution is 2.41. The molecule has 0 spiro atoms. The van der Waals surface area contributed by atoms with E-state index in [4.69, 9.17) is 9.97 Å². The minimum atomic E-state index is 0.647. The maximum Gasteiger partial charge on any atom is 0.235 e. The van der Waals surface area contributed by atoms with Crippen molar-refractivity contribution in [2.75, 3.05) is 0 Å². The van der Waals surface area contributed by atoms with Crippen LogP contribution in [0.3, 0.4) is 0 Å². The van der Waals surface area contributed by atoms with Crippen LogP contribution < -0.4 is 0 Å². The van der Waals surface area contributed by atoms with Gasteiger partial charge in [-0.25, -0.2) is 9.97 Å². The fourth-order valence-corrected chi connectivity index (χ4v) is 9.14. The molecule has 4 nitrogen and oxygen atoms in total. The molecule has 0 saturated heterocycles. The Morgan fingerprint density at radius 2 is 0.914 bits per heavy atom. The largest absolute Gasteiger partial charge is 0.309 e. The number of nitrogens with zero attached hydrogens (tertiary/aromatic N) is 4. The zero-order valence-electron chi connectivity index (χ0n) is 31.4. The molecule has 0 aliphatic heterocycles. The van der Waals surface area contributed by atoms with Crippen LogP contribution in [-0.2, 0) is 0 Å². The van der Waals surface area contributed by atoms with Gasteiger partial charge in [-0.15, -0.1) is 0 Å². The second-order valence-electron chi connectivity index (χ2n) is 15.0. The molecule has 0 saturated carbocycles. The van der Waals surface area contributed by atoms with Crippen LogP contribution in [0.5, 0.6) is 0 Å². The maximum absolute atomic E-state index is 5.44. The molecule has 0 fully saturated rings. The maximum atomic E-state index is 5.44. The standard InChI is InChI=1S/C54H34N4/c1-2-16-39(17-3-1)57-49-26-11-8-21-46(49)52-42(23-13-27-50(52)57)38-32-33-44-43-19-7-10-25-48(43)58(51(44)34-38)54-55-47-24-9-6-20-45(47)53(56-54)37-30-28-36(29-31-37)41-22-12-15-35-14-4-5-18-40(35)41/h1-34H. The molecule has 12 rings (SSSR count). The number of hydrogen-bond donors (Lipinski definition) is 0. The van der Waals surface area contributed by atoms with Gasteiger partial charge in [0.15, 0.2) is 0 Å². The Morgan fingerprint density at radius 1 is 0.328 bits per heavy atom. The van der Waals surface area contributed by atoms with Gasteiger partial charge in [-0.1, -0.05) is 164 Å². The molecule has 0 aliphatic rings. The van der Waals surface area contributed by atoms with Crippen LogP contribution in [0.4, 0.5) is 0 Å². The van der Waals surface area contributed by atoms with Crippen LogP contribution in [0.15, 0.2) is 206 Å². The average molecular weight is 739 g/mol. The number of aromatic nitrogens is 4. The van der Waals surface area contributed by atoms with Gasteiger partial charge in [0.05, 0.1) is 33.3 Å². The second kappa shape index (κ2) is 12.9. The van der Waals surface area contributed by atoms with Crippen LogP contribution >= 0.6 is 0 Å². The lowest BCUT2D eigenvalue weighted by atomic mass is 9.96. The summed E-state index contributed by atoms with van der Waals surface area (Å²) in [5.41, 5.74) is 13.2. The molecular weight excluding hydrogens is 705 g/mol. The second-order valence-corrected chi connectivity index (χ2v) is 15.0. The summed E-state index contributed by atoms with van der Waals surface area (Å²) in [6.45, 7) is 0. The molecule has 0 radical (unpaired) electrons. The monoisotopic (exact) mass is 738 g/mol. The van der Waals surface area contributed by atoms with Crippen molar-refractivity contribution in [1.29, 1.82) is 0 Å². The van der Waals surface area contributed by atoms with Crippen molar-refractivity contribution in [1.82, 2.24) is 19.1 Å². The highest BCUT2D eigenvalue weighted by atomic mass is 15.2. The summed E-state index contributed by atoms with van der Waals surface area (Å²) in [6.07, 6.45) is 0. The zero-order valence-corrected chi connectivity index (χ0v) is 31.4. The highest BCUT2D eigenvalue weighted by molar-refractivity contribution is 6.17. The lowest BCUT2D eigenvalue weighted by Gasteiger charge is -2.13. The zero-order chi connectivity index (χ0) is 38.2. The van der Waals surface area contributed by atoms with Gasteiger partial charge >= 0.3 is 0 Å². The lowest BCUT2D eigenvalue weighted by molar-refractivity contribution is 1.01. The molecule has 12 aromatic rings. The van der Waals surface area contributed by atoms with E-state index >= 15 is 0 Å². The van der Waals surface area contributed by atoms with E-state index in [2.05, 4.69) is 215 Å². The van der Waals surface area contributed by atoms with E-state index in [0.29, 0.717) is 5.95 Å². The number of para-hydroxylation sites is 4. The molecule has 4 heteroatoms. The van der Waals surface area contributed by atoms with Crippen molar-refractivity contribution in [3.63, 3.8) is 0 Å². The molecule has 3 aromatic heterocycles. The van der Waals surface area contributed by atoms with Gasteiger partial charge in [0.2, 0.25) is 5.95 Å². The first kappa shape index (κ1) is 32.4. The van der Waals surface area contributed by atoms with Crippen molar-refractivity contribution in [2.24, 2.45) is 0 Å². The molecule has 3 heterocycles. The van der Waals surface area contributed by atoms with Gasteiger partial charge in [0.25, 0.3) is 0 Å². The van der Waals surface area contributed by atoms with E-state index in [1.54, 1.807) is 0 Å². The Kier molecular flexibility index (Phi) is 7.20. The fourth-order valence-electron chi connectivity index (χ4n) is 9.14. The predicted octanol–water partition coefficient (Wildman–Crippen LogP) is 14.0. The fraction of sp³-hybridized carbons (Fsp3) is 0. The minimum absolute atomic E-state index is 0.647. The van der Waals surface area contributed by atoms with Gasteiger partial charge < -0.3 is 4.57 Å². The van der Waals surface area contributed by atoms with Crippen molar-refractivity contribution in [3.8, 4) is 45.1 Å². The Hall–Kier alpha value is -7.82. The first-order chi connectivity index (χ1) is 28.8. The van der Waals surface area contributed by atoms with Crippen LogP contribution in [0.2, 0.25) is 0 Å². The van der Waals surface area contributed by atoms with E-state index in [-0.39, 0.29) is 0 Å². The molecular formula is C54H34N4. The van der Waals surface area contributed by atoms with Crippen LogP contribution in [-0.4, -0.2) is 19.1 Å². The summed E-state index contributed by atoms with van der Waals surface area (Å²) in [6, 6.07) is 73.8. The van der Waals surface area contributed by atoms with E-state index in [1.807, 2.05) is 0 Å². The van der Waals surface area contributed by atoms with Gasteiger partial charge in [0.1, 0.15) is 0 Å². The molecule has 0 unspecified atom stereocenters. The molecule has 270 valence electrons. The summed E-state index contributed by atoms with van der Waals surface area (Å²) in [7, 11) is 0. The minimum Gasteiger partial charge on any atom is -0.309 e. The molecule has 0 bridgehead atoms. The smallest absolute Gasteiger partial charge is 0.235 e. The molecule has 0 aliphatic carbocycles. The summed E-state index contributed by atoms with van der Waals surface area (Å²) in [5, 5.41) is 8.30. The van der Waals surface area contributed by atoms with Gasteiger partial charge in [-0.3, -0.25) is 4.57 Å². The van der Waals surface area contributed by atoms with Crippen LogP contribution in [0, 0.1) is 0 Å². The summed E-state index contributed by atoms with van der Waals surface area (Å²) >= 11 is 0. The highest BCUT2D eigenvalue weighted by Gasteiger charge is 2.20. The Balaban J connectivity index is 1.06. The van der Waals surface area contributed by atoms with Crippen LogP contribution in [0.25, 0.3) is 110 Å². The van der Waals surface area contributed by atoms with E-state index in [1.165, 1.54) is 54.7 Å². The summed E-state index contributed by atoms with van der Waals surface area (Å²) < 4.78 is 4.63. The molecule has 0 N–H and O–H groups in total. The summed E-state index contributed by atoms with van der Waals surface area (Å²) in [4.78, 5) is 10.7. The Bertz CT molecular complexity index is 3550. The Morgan fingerprint density at radius 3 is 1.76 bits per heavy atom. The lowest BCUT2D eigenvalue weighted by Crippen LogP contribution is -2.03. The first-order valence-electron chi connectivity index (χ1n) is 19.8. The van der Waals surface area contributed by atoms with Crippen LogP contribution in [0.1, 0.15) is 0 Å². The van der Waals surface area contributed by atoms with Crippen molar-refractivity contribution < 1.29 is 0 Å². The third-order valence-electron chi connectivity index (χ3n) is 11.7. The third-order valence-corrected chi connectivity index (χ3v) is 11.7. The number of rotatable bonds is 5. The van der Waals surface area contributed by atoms with Crippen molar-refractivity contribution in [2.45, 2.75) is 0 Å². The van der Waals surface area contributed by atoms with Gasteiger partial charge in [0, 0.05) is 38.2 Å². The SMILES string of the molecule is c1ccc(-n2c3ccccc3c3c(-c4ccc5c6ccccc6n(-c6nc(-c7ccc(-c8cccc9ccccc89)cc7)c7ccccc7n6)c5c4)cccc32)cc1. The van der Waals surface area contributed by atoms with E-state index in [9.17, 15) is 0 Å². The molecule has 0 amide bonds. The van der Waals surface area contributed by atoms with Crippen molar-refractivity contribution in [3.05, 3.63) is 206 Å². The first-order valence-corrected chi connectivity index (χ1v) is 19.8. The molecule has 58 heavy (non-hydrogen) atoms. The van der Waals surface area contributed by atoms with E-state index < -0.39 is 0 Å². The van der Waals surface area contributed by atoms with Gasteiger partial charge in [-0.05, 0) is 75.5 Å². The molecule has 0 atom stereocenters. The summed E-state index contributed by atoms with van der Waals surface area (Å²) in [5.74, 6) is 0.647. The number of benzene rings is 9. The van der Waals surface area contributed by atoms with E-state index in [0.717, 1.165) is 49.8 Å². The van der Waals surface area contributed by atoms with Gasteiger partial charge in [-0.2, -0.15) is 0 Å². The van der Waals surface area contributed by atoms with Crippen molar-refractivity contribution >= 4 is 65.3 Å². The number of hydrogen-bond acceptors (Lipinski definition) is 2. The number of fused-ring (bicyclic) bond motifs is 8.